The minimum absolute atomic E-state index is 0.0368. The second-order valence-corrected chi connectivity index (χ2v) is 6.65. The highest BCUT2D eigenvalue weighted by atomic mass is 35.5. The number of rotatable bonds is 6. The van der Waals surface area contributed by atoms with Crippen LogP contribution in [0.3, 0.4) is 0 Å². The van der Waals surface area contributed by atoms with Gasteiger partial charge < -0.3 is 18.9 Å². The summed E-state index contributed by atoms with van der Waals surface area (Å²) in [4.78, 5) is 43.2. The first kappa shape index (κ1) is 19.6. The first-order chi connectivity index (χ1) is 13.3. The lowest BCUT2D eigenvalue weighted by molar-refractivity contribution is -0.144. The summed E-state index contributed by atoms with van der Waals surface area (Å²) < 4.78 is 11.8. The zero-order chi connectivity index (χ0) is 20.4. The summed E-state index contributed by atoms with van der Waals surface area (Å²) in [7, 11) is 1.24. The largest absolute Gasteiger partial charge is 0.465 e. The number of H-pyrrole nitrogens is 1. The van der Waals surface area contributed by atoms with E-state index in [1.54, 1.807) is 35.9 Å². The zero-order valence-electron chi connectivity index (χ0n) is 15.5. The number of pyridine rings is 1. The second-order valence-electron chi connectivity index (χ2n) is 6.21. The molecule has 0 spiro atoms. The Morgan fingerprint density at radius 2 is 2.00 bits per heavy atom. The van der Waals surface area contributed by atoms with Gasteiger partial charge in [-0.3, -0.25) is 9.59 Å². The molecule has 1 N–H and O–H groups in total. The van der Waals surface area contributed by atoms with Crippen LogP contribution in [0.25, 0.3) is 5.65 Å². The van der Waals surface area contributed by atoms with Gasteiger partial charge in [-0.2, -0.15) is 0 Å². The van der Waals surface area contributed by atoms with Crippen molar-refractivity contribution in [3.05, 3.63) is 57.8 Å². The van der Waals surface area contributed by atoms with Crippen LogP contribution in [-0.4, -0.2) is 39.2 Å². The van der Waals surface area contributed by atoms with Crippen molar-refractivity contribution in [2.45, 2.75) is 26.9 Å². The van der Waals surface area contributed by atoms with E-state index in [0.29, 0.717) is 21.9 Å². The molecule has 0 atom stereocenters. The van der Waals surface area contributed by atoms with E-state index in [1.807, 2.05) is 0 Å². The van der Waals surface area contributed by atoms with Gasteiger partial charge in [-0.25, -0.2) is 9.78 Å². The molecule has 9 heteroatoms. The smallest absolute Gasteiger partial charge is 0.339 e. The fourth-order valence-electron chi connectivity index (χ4n) is 2.96. The molecule has 8 nitrogen and oxygen atoms in total. The van der Waals surface area contributed by atoms with Crippen molar-refractivity contribution in [2.75, 3.05) is 7.11 Å². The number of carbonyl (C=O) groups is 3. The lowest BCUT2D eigenvalue weighted by Gasteiger charge is -2.04. The third-order valence-electron chi connectivity index (χ3n) is 4.24. The normalized spacial score (nSPS) is 10.9. The summed E-state index contributed by atoms with van der Waals surface area (Å²) in [5, 5.41) is 0.562. The Morgan fingerprint density at radius 1 is 1.25 bits per heavy atom. The maximum Gasteiger partial charge on any atom is 0.339 e. The van der Waals surface area contributed by atoms with Gasteiger partial charge in [0.1, 0.15) is 12.3 Å². The lowest BCUT2D eigenvalue weighted by atomic mass is 10.1. The molecule has 3 aromatic heterocycles. The Hall–Kier alpha value is -3.13. The lowest BCUT2D eigenvalue weighted by Crippen LogP contribution is -2.12. The van der Waals surface area contributed by atoms with E-state index in [9.17, 15) is 14.4 Å². The van der Waals surface area contributed by atoms with Crippen molar-refractivity contribution in [3.8, 4) is 0 Å². The highest BCUT2D eigenvalue weighted by Crippen LogP contribution is 2.21. The summed E-state index contributed by atoms with van der Waals surface area (Å²) in [5.74, 6) is -1.44. The molecule has 28 heavy (non-hydrogen) atoms. The number of halogens is 1. The zero-order valence-corrected chi connectivity index (χ0v) is 16.3. The molecular weight excluding hydrogens is 386 g/mol. The fourth-order valence-corrected chi connectivity index (χ4v) is 3.13. The quantitative estimate of drug-likeness (QED) is 0.501. The number of methoxy groups -OCH3 is 1. The Balaban J connectivity index is 1.74. The van der Waals surface area contributed by atoms with E-state index in [1.165, 1.54) is 14.0 Å². The number of hydrogen-bond acceptors (Lipinski definition) is 6. The van der Waals surface area contributed by atoms with Crippen LogP contribution in [0.1, 0.15) is 44.7 Å². The Kier molecular flexibility index (Phi) is 5.51. The molecule has 0 amide bonds. The van der Waals surface area contributed by atoms with Gasteiger partial charge in [0.15, 0.2) is 5.78 Å². The van der Waals surface area contributed by atoms with Gasteiger partial charge in [0.05, 0.1) is 35.5 Å². The third-order valence-corrected chi connectivity index (χ3v) is 4.46. The number of fused-ring (bicyclic) bond motifs is 1. The van der Waals surface area contributed by atoms with Crippen LogP contribution >= 0.6 is 11.6 Å². The van der Waals surface area contributed by atoms with Crippen LogP contribution in [0.4, 0.5) is 0 Å². The number of nitrogens with one attached hydrogen (secondary N) is 1. The Labute approximate surface area is 165 Å². The number of ether oxygens (including phenoxy) is 2. The van der Waals surface area contributed by atoms with Crippen LogP contribution in [0.15, 0.2) is 24.5 Å². The van der Waals surface area contributed by atoms with Crippen LogP contribution in [0.2, 0.25) is 5.02 Å². The topological polar surface area (TPSA) is 103 Å². The minimum Gasteiger partial charge on any atom is -0.465 e. The molecule has 3 rings (SSSR count). The highest BCUT2D eigenvalue weighted by Gasteiger charge is 2.24. The molecule has 3 aromatic rings. The van der Waals surface area contributed by atoms with E-state index in [4.69, 9.17) is 21.1 Å². The molecule has 0 bridgehead atoms. The second kappa shape index (κ2) is 7.85. The van der Waals surface area contributed by atoms with Gasteiger partial charge in [-0.05, 0) is 24.6 Å². The number of ketones is 1. The maximum atomic E-state index is 12.3. The van der Waals surface area contributed by atoms with Gasteiger partial charge in [0.2, 0.25) is 0 Å². The van der Waals surface area contributed by atoms with Gasteiger partial charge in [-0.15, -0.1) is 0 Å². The summed E-state index contributed by atoms with van der Waals surface area (Å²) in [5.41, 5.74) is 2.39. The van der Waals surface area contributed by atoms with E-state index in [0.717, 1.165) is 0 Å². The number of esters is 2. The van der Waals surface area contributed by atoms with Crippen LogP contribution in [0.5, 0.6) is 0 Å². The van der Waals surface area contributed by atoms with E-state index in [2.05, 4.69) is 9.97 Å². The molecule has 0 aliphatic carbocycles. The Bertz CT molecular complexity index is 1080. The Morgan fingerprint density at radius 3 is 2.68 bits per heavy atom. The van der Waals surface area contributed by atoms with Crippen LogP contribution < -0.4 is 0 Å². The number of aromatic nitrogens is 3. The van der Waals surface area contributed by atoms with Gasteiger partial charge in [-0.1, -0.05) is 11.6 Å². The van der Waals surface area contributed by atoms with Gasteiger partial charge in [0.25, 0.3) is 0 Å². The van der Waals surface area contributed by atoms with Crippen molar-refractivity contribution in [2.24, 2.45) is 0 Å². The van der Waals surface area contributed by atoms with E-state index >= 15 is 0 Å². The highest BCUT2D eigenvalue weighted by molar-refractivity contribution is 6.30. The summed E-state index contributed by atoms with van der Waals surface area (Å²) >= 11 is 5.94. The fraction of sp³-hybridized carbons (Fsp3) is 0.263. The molecule has 0 aliphatic heterocycles. The first-order valence-electron chi connectivity index (χ1n) is 8.39. The van der Waals surface area contributed by atoms with Crippen molar-refractivity contribution in [1.29, 1.82) is 0 Å². The van der Waals surface area contributed by atoms with Crippen molar-refractivity contribution in [1.82, 2.24) is 14.4 Å². The van der Waals surface area contributed by atoms with Gasteiger partial charge in [0, 0.05) is 25.0 Å². The van der Waals surface area contributed by atoms with Gasteiger partial charge >= 0.3 is 11.9 Å². The van der Waals surface area contributed by atoms with Crippen molar-refractivity contribution < 1.29 is 23.9 Å². The summed E-state index contributed by atoms with van der Waals surface area (Å²) in [6, 6.07) is 3.47. The van der Waals surface area contributed by atoms with E-state index in [-0.39, 0.29) is 35.8 Å². The summed E-state index contributed by atoms with van der Waals surface area (Å²) in [6.45, 7) is 2.96. The third kappa shape index (κ3) is 3.91. The molecule has 0 saturated heterocycles. The molecule has 0 aliphatic rings. The number of hydrogen-bond donors (Lipinski definition) is 1. The minimum atomic E-state index is -0.624. The number of aromatic amines is 1. The number of imidazole rings is 1. The molecule has 146 valence electrons. The van der Waals surface area contributed by atoms with Crippen molar-refractivity contribution >= 4 is 35.0 Å². The molecule has 3 heterocycles. The number of carbonyl (C=O) groups excluding carboxylic acids is 3. The maximum absolute atomic E-state index is 12.3. The average Bonchev–Trinajstić information content (AvgIpc) is 3.19. The predicted molar refractivity (Wildman–Crippen MR) is 101 cm³/mol. The van der Waals surface area contributed by atoms with Crippen molar-refractivity contribution in [3.63, 3.8) is 0 Å². The average molecular weight is 404 g/mol. The molecule has 0 fully saturated rings. The van der Waals surface area contributed by atoms with Crippen LogP contribution in [0, 0.1) is 6.92 Å². The number of nitrogens with zero attached hydrogens (tertiary/aromatic N) is 2. The molecule has 0 radical (unpaired) electrons. The standard InChI is InChI=1S/C19H18ClN3O5/c1-10-17(19(26)27-3)14(22-18(10)11(2)24)6-16(25)28-9-13-8-23-7-12(20)4-5-15(23)21-13/h4-5,7-8,22H,6,9H2,1-3H3. The molecule has 0 saturated carbocycles. The van der Waals surface area contributed by atoms with E-state index < -0.39 is 11.9 Å². The monoisotopic (exact) mass is 403 g/mol. The SMILES string of the molecule is COC(=O)c1c(CC(=O)OCc2cn3cc(Cl)ccc3n2)[nH]c(C(C)=O)c1C. The predicted octanol–water partition coefficient (Wildman–Crippen LogP) is 2.90. The first-order valence-corrected chi connectivity index (χ1v) is 8.77. The molecule has 0 aromatic carbocycles. The summed E-state index contributed by atoms with van der Waals surface area (Å²) in [6.07, 6.45) is 3.20. The molecular formula is C19H18ClN3O5. The molecule has 0 unspecified atom stereocenters. The van der Waals surface area contributed by atoms with Crippen LogP contribution in [-0.2, 0) is 27.3 Å². The number of Topliss-reactive ketones (excluding diaryl/α,β-unsaturated/α-hetero) is 1.